The summed E-state index contributed by atoms with van der Waals surface area (Å²) in [5.74, 6) is 0. The van der Waals surface area contributed by atoms with E-state index in [4.69, 9.17) is 11.6 Å². The first-order chi connectivity index (χ1) is 12.8. The molecule has 0 saturated carbocycles. The van der Waals surface area contributed by atoms with E-state index in [1.165, 1.54) is 6.07 Å². The van der Waals surface area contributed by atoms with Gasteiger partial charge in [-0.05, 0) is 41.5 Å². The number of halogens is 4. The first-order valence-corrected chi connectivity index (χ1v) is 8.31. The highest BCUT2D eigenvalue weighted by molar-refractivity contribution is 6.31. The van der Waals surface area contributed by atoms with Crippen molar-refractivity contribution in [3.05, 3.63) is 83.4 Å². The summed E-state index contributed by atoms with van der Waals surface area (Å²) in [6.07, 6.45) is -4.60. The lowest BCUT2D eigenvalue weighted by Crippen LogP contribution is -2.19. The van der Waals surface area contributed by atoms with E-state index in [-0.39, 0.29) is 5.69 Å². The molecule has 0 radical (unpaired) electrons. The van der Waals surface area contributed by atoms with E-state index in [0.717, 1.165) is 23.3 Å². The van der Waals surface area contributed by atoms with Gasteiger partial charge in [-0.25, -0.2) is 4.79 Å². The number of nitrogens with one attached hydrogen (secondary N) is 2. The van der Waals surface area contributed by atoms with Crippen LogP contribution in [0.3, 0.4) is 0 Å². The van der Waals surface area contributed by atoms with Gasteiger partial charge in [0.25, 0.3) is 0 Å². The van der Waals surface area contributed by atoms with Gasteiger partial charge in [0.05, 0.1) is 10.6 Å². The predicted octanol–water partition coefficient (Wildman–Crippen LogP) is 6.67. The highest BCUT2D eigenvalue weighted by Crippen LogP contribution is 2.36. The van der Waals surface area contributed by atoms with Gasteiger partial charge in [0.1, 0.15) is 0 Å². The first-order valence-electron chi connectivity index (χ1n) is 7.93. The topological polar surface area (TPSA) is 41.1 Å². The van der Waals surface area contributed by atoms with Crippen molar-refractivity contribution >= 4 is 29.0 Å². The molecule has 0 unspecified atom stereocenters. The van der Waals surface area contributed by atoms with Gasteiger partial charge in [-0.15, -0.1) is 0 Å². The molecule has 3 rings (SSSR count). The zero-order valence-corrected chi connectivity index (χ0v) is 14.6. The Morgan fingerprint density at radius 2 is 1.33 bits per heavy atom. The van der Waals surface area contributed by atoms with Crippen molar-refractivity contribution < 1.29 is 18.0 Å². The van der Waals surface area contributed by atoms with Crippen molar-refractivity contribution in [3.63, 3.8) is 0 Å². The highest BCUT2D eigenvalue weighted by atomic mass is 35.5. The molecule has 0 aliphatic heterocycles. The van der Waals surface area contributed by atoms with Crippen molar-refractivity contribution in [2.24, 2.45) is 0 Å². The second kappa shape index (κ2) is 7.72. The summed E-state index contributed by atoms with van der Waals surface area (Å²) in [5.41, 5.74) is 1.51. The van der Waals surface area contributed by atoms with Gasteiger partial charge in [0.15, 0.2) is 0 Å². The average Bonchev–Trinajstić information content (AvgIpc) is 2.64. The molecule has 3 nitrogen and oxygen atoms in total. The molecule has 0 fully saturated rings. The van der Waals surface area contributed by atoms with E-state index in [2.05, 4.69) is 10.6 Å². The van der Waals surface area contributed by atoms with Crippen molar-refractivity contribution in [2.45, 2.75) is 6.18 Å². The molecule has 0 spiro atoms. The average molecular weight is 391 g/mol. The second-order valence-corrected chi connectivity index (χ2v) is 6.12. The molecular weight excluding hydrogens is 377 g/mol. The number of amides is 2. The summed E-state index contributed by atoms with van der Waals surface area (Å²) in [6, 6.07) is 19.3. The zero-order chi connectivity index (χ0) is 19.4. The Morgan fingerprint density at radius 1 is 0.778 bits per heavy atom. The third-order valence-electron chi connectivity index (χ3n) is 3.78. The summed E-state index contributed by atoms with van der Waals surface area (Å²) >= 11 is 5.56. The molecule has 3 aromatic carbocycles. The molecule has 0 aliphatic carbocycles. The van der Waals surface area contributed by atoms with Crippen molar-refractivity contribution in [1.29, 1.82) is 0 Å². The monoisotopic (exact) mass is 390 g/mol. The van der Waals surface area contributed by atoms with Gasteiger partial charge in [0.2, 0.25) is 0 Å². The number of carbonyl (C=O) groups is 1. The molecule has 3 aromatic rings. The van der Waals surface area contributed by atoms with E-state index in [1.54, 1.807) is 12.1 Å². The Balaban J connectivity index is 1.68. The highest BCUT2D eigenvalue weighted by Gasteiger charge is 2.33. The van der Waals surface area contributed by atoms with E-state index in [1.807, 2.05) is 42.5 Å². The van der Waals surface area contributed by atoms with Gasteiger partial charge < -0.3 is 10.6 Å². The van der Waals surface area contributed by atoms with Gasteiger partial charge in [-0.2, -0.15) is 13.2 Å². The fourth-order valence-electron chi connectivity index (χ4n) is 2.49. The largest absolute Gasteiger partial charge is 0.417 e. The van der Waals surface area contributed by atoms with Crippen LogP contribution in [-0.2, 0) is 6.18 Å². The number of hydrogen-bond donors (Lipinski definition) is 2. The maximum Gasteiger partial charge on any atom is 0.417 e. The Kier molecular flexibility index (Phi) is 5.37. The summed E-state index contributed by atoms with van der Waals surface area (Å²) in [7, 11) is 0. The maximum atomic E-state index is 12.9. The van der Waals surface area contributed by atoms with E-state index in [0.29, 0.717) is 5.69 Å². The lowest BCUT2D eigenvalue weighted by Gasteiger charge is -2.12. The number of hydrogen-bond acceptors (Lipinski definition) is 1. The Morgan fingerprint density at radius 3 is 1.96 bits per heavy atom. The van der Waals surface area contributed by atoms with Crippen molar-refractivity contribution in [1.82, 2.24) is 0 Å². The number of urea groups is 1. The van der Waals surface area contributed by atoms with Crippen LogP contribution < -0.4 is 10.6 Å². The SMILES string of the molecule is O=C(Nc1ccc(-c2ccccc2)cc1)Nc1ccc(Cl)c(C(F)(F)F)c1. The van der Waals surface area contributed by atoms with Crippen LogP contribution in [0.2, 0.25) is 5.02 Å². The minimum atomic E-state index is -4.60. The third-order valence-corrected chi connectivity index (χ3v) is 4.11. The van der Waals surface area contributed by atoms with Crippen LogP contribution in [0.5, 0.6) is 0 Å². The zero-order valence-electron chi connectivity index (χ0n) is 13.8. The van der Waals surface area contributed by atoms with Gasteiger partial charge in [0, 0.05) is 11.4 Å². The molecule has 7 heteroatoms. The standard InChI is InChI=1S/C20H14ClF3N2O/c21-18-11-10-16(12-17(18)20(22,23)24)26-19(27)25-15-8-6-14(7-9-15)13-4-2-1-3-5-13/h1-12H,(H2,25,26,27). The predicted molar refractivity (Wildman–Crippen MR) is 101 cm³/mol. The minimum Gasteiger partial charge on any atom is -0.308 e. The number of carbonyl (C=O) groups excluding carboxylic acids is 1. The number of benzene rings is 3. The normalized spacial score (nSPS) is 11.1. The van der Waals surface area contributed by atoms with Crippen molar-refractivity contribution in [3.8, 4) is 11.1 Å². The third kappa shape index (κ3) is 4.80. The summed E-state index contributed by atoms with van der Waals surface area (Å²) in [5, 5.41) is 4.52. The Bertz CT molecular complexity index is 942. The molecule has 0 heterocycles. The van der Waals surface area contributed by atoms with Crippen LogP contribution in [0.4, 0.5) is 29.3 Å². The first kappa shape index (κ1) is 18.8. The Hall–Kier alpha value is -2.99. The molecule has 27 heavy (non-hydrogen) atoms. The molecule has 0 bridgehead atoms. The molecule has 2 N–H and O–H groups in total. The second-order valence-electron chi connectivity index (χ2n) is 5.71. The van der Waals surface area contributed by atoms with Gasteiger partial charge in [-0.1, -0.05) is 54.1 Å². The van der Waals surface area contributed by atoms with Gasteiger partial charge >= 0.3 is 12.2 Å². The van der Waals surface area contributed by atoms with Crippen LogP contribution in [0.15, 0.2) is 72.8 Å². The molecule has 0 aliphatic rings. The summed E-state index contributed by atoms with van der Waals surface area (Å²) in [4.78, 5) is 12.0. The van der Waals surface area contributed by atoms with Crippen LogP contribution >= 0.6 is 11.6 Å². The van der Waals surface area contributed by atoms with Gasteiger partial charge in [-0.3, -0.25) is 0 Å². The molecular formula is C20H14ClF3N2O. The number of alkyl halides is 3. The lowest BCUT2D eigenvalue weighted by molar-refractivity contribution is -0.137. The summed E-state index contributed by atoms with van der Waals surface area (Å²) < 4.78 is 38.6. The van der Waals surface area contributed by atoms with E-state index >= 15 is 0 Å². The molecule has 138 valence electrons. The fourth-order valence-corrected chi connectivity index (χ4v) is 2.72. The van der Waals surface area contributed by atoms with Crippen LogP contribution in [0, 0.1) is 0 Å². The molecule has 0 atom stereocenters. The van der Waals surface area contributed by atoms with Crippen LogP contribution in [0.1, 0.15) is 5.56 Å². The maximum absolute atomic E-state index is 12.9. The quantitative estimate of drug-likeness (QED) is 0.515. The van der Waals surface area contributed by atoms with E-state index < -0.39 is 22.8 Å². The van der Waals surface area contributed by atoms with E-state index in [9.17, 15) is 18.0 Å². The Labute approximate surface area is 158 Å². The van der Waals surface area contributed by atoms with Crippen molar-refractivity contribution in [2.75, 3.05) is 10.6 Å². The smallest absolute Gasteiger partial charge is 0.308 e. The summed E-state index contributed by atoms with van der Waals surface area (Å²) in [6.45, 7) is 0. The van der Waals surface area contributed by atoms with Crippen LogP contribution in [-0.4, -0.2) is 6.03 Å². The fraction of sp³-hybridized carbons (Fsp3) is 0.0500. The number of rotatable bonds is 3. The minimum absolute atomic E-state index is 0.00914. The molecule has 0 aromatic heterocycles. The van der Waals surface area contributed by atoms with Crippen LogP contribution in [0.25, 0.3) is 11.1 Å². The molecule has 0 saturated heterocycles. The number of anilines is 2. The lowest BCUT2D eigenvalue weighted by atomic mass is 10.1. The molecule has 2 amide bonds.